The topological polar surface area (TPSA) is 79.3 Å². The molecule has 1 aromatic rings. The van der Waals surface area contributed by atoms with Crippen LogP contribution in [-0.2, 0) is 24.3 Å². The summed E-state index contributed by atoms with van der Waals surface area (Å²) in [5.41, 5.74) is 1.01. The van der Waals surface area contributed by atoms with E-state index in [0.717, 1.165) is 37.4 Å². The number of nitrogens with zero attached hydrogens (tertiary/aromatic N) is 3. The fourth-order valence-electron chi connectivity index (χ4n) is 3.52. The summed E-state index contributed by atoms with van der Waals surface area (Å²) in [6.07, 6.45) is 1.87. The Balaban J connectivity index is 2.40. The van der Waals surface area contributed by atoms with Crippen LogP contribution in [0.15, 0.2) is 0 Å². The van der Waals surface area contributed by atoms with Gasteiger partial charge in [-0.15, -0.1) is 0 Å². The van der Waals surface area contributed by atoms with E-state index in [1.165, 1.54) is 0 Å². The average Bonchev–Trinajstić information content (AvgIpc) is 2.75. The van der Waals surface area contributed by atoms with Gasteiger partial charge in [-0.2, -0.15) is 0 Å². The predicted octanol–water partition coefficient (Wildman–Crippen LogP) is 1.81. The molecule has 0 bridgehead atoms. The van der Waals surface area contributed by atoms with Gasteiger partial charge < -0.3 is 20.1 Å². The molecule has 0 saturated heterocycles. The number of carbonyl (C=O) groups is 2. The molecule has 152 valence electrons. The molecule has 2 amide bonds. The second-order valence-corrected chi connectivity index (χ2v) is 9.05. The minimum Gasteiger partial charge on any atom is -0.357 e. The highest BCUT2D eigenvalue weighted by Crippen LogP contribution is 2.23. The van der Waals surface area contributed by atoms with Gasteiger partial charge in [0.25, 0.3) is 5.91 Å². The molecule has 1 unspecified atom stereocenters. The van der Waals surface area contributed by atoms with Crippen LogP contribution < -0.4 is 10.6 Å². The van der Waals surface area contributed by atoms with E-state index in [4.69, 9.17) is 4.98 Å². The van der Waals surface area contributed by atoms with Crippen LogP contribution >= 0.6 is 0 Å². The number of fused-ring (bicyclic) bond motifs is 1. The van der Waals surface area contributed by atoms with Crippen molar-refractivity contribution in [2.75, 3.05) is 20.6 Å². The van der Waals surface area contributed by atoms with Crippen LogP contribution in [0, 0.1) is 11.3 Å². The Morgan fingerprint density at radius 3 is 2.44 bits per heavy atom. The van der Waals surface area contributed by atoms with Gasteiger partial charge in [0.15, 0.2) is 5.69 Å². The zero-order chi connectivity index (χ0) is 20.4. The zero-order valence-corrected chi connectivity index (χ0v) is 17.8. The molecule has 2 rings (SSSR count). The minimum absolute atomic E-state index is 0.194. The highest BCUT2D eigenvalue weighted by molar-refractivity contribution is 5.97. The lowest BCUT2D eigenvalue weighted by molar-refractivity contribution is -0.124. The molecule has 0 aliphatic carbocycles. The van der Waals surface area contributed by atoms with Crippen molar-refractivity contribution >= 4 is 11.8 Å². The first-order valence-corrected chi connectivity index (χ1v) is 9.83. The molecule has 1 atom stereocenters. The lowest BCUT2D eigenvalue weighted by Crippen LogP contribution is -2.53. The molecule has 0 fully saturated rings. The van der Waals surface area contributed by atoms with Crippen molar-refractivity contribution in [3.63, 3.8) is 0 Å². The van der Waals surface area contributed by atoms with Crippen LogP contribution in [0.4, 0.5) is 0 Å². The lowest BCUT2D eigenvalue weighted by atomic mass is 9.86. The molecule has 2 heterocycles. The molecule has 2 N–H and O–H groups in total. The Morgan fingerprint density at radius 1 is 1.22 bits per heavy atom. The second kappa shape index (κ2) is 8.42. The van der Waals surface area contributed by atoms with E-state index in [-0.39, 0.29) is 11.8 Å². The van der Waals surface area contributed by atoms with Crippen LogP contribution in [0.1, 0.15) is 63.0 Å². The fraction of sp³-hybridized carbons (Fsp3) is 0.750. The van der Waals surface area contributed by atoms with Gasteiger partial charge in [0.05, 0.1) is 5.69 Å². The largest absolute Gasteiger partial charge is 0.357 e. The van der Waals surface area contributed by atoms with Crippen molar-refractivity contribution < 1.29 is 9.59 Å². The monoisotopic (exact) mass is 377 g/mol. The summed E-state index contributed by atoms with van der Waals surface area (Å²) in [7, 11) is 3.65. The maximum atomic E-state index is 13.1. The Hall–Kier alpha value is -1.89. The first kappa shape index (κ1) is 21.4. The molecular formula is C20H35N5O2. The third kappa shape index (κ3) is 5.09. The Kier molecular flexibility index (Phi) is 6.68. The molecule has 0 saturated carbocycles. The summed E-state index contributed by atoms with van der Waals surface area (Å²) in [4.78, 5) is 32.4. The number of hydrogen-bond donors (Lipinski definition) is 2. The Bertz CT molecular complexity index is 687. The SMILES string of the molecule is CNC(=O)C(NC(=O)c1nc(CC(C)C)n2c1CN(C)CCC2)C(C)(C)C. The quantitative estimate of drug-likeness (QED) is 0.820. The van der Waals surface area contributed by atoms with E-state index in [9.17, 15) is 9.59 Å². The maximum Gasteiger partial charge on any atom is 0.272 e. The molecule has 7 heteroatoms. The summed E-state index contributed by atoms with van der Waals surface area (Å²) >= 11 is 0. The normalized spacial score (nSPS) is 16.6. The van der Waals surface area contributed by atoms with Gasteiger partial charge in [0, 0.05) is 26.6 Å². The molecular weight excluding hydrogens is 342 g/mol. The van der Waals surface area contributed by atoms with Gasteiger partial charge in [-0.3, -0.25) is 9.59 Å². The van der Waals surface area contributed by atoms with Crippen molar-refractivity contribution in [3.05, 3.63) is 17.2 Å². The zero-order valence-electron chi connectivity index (χ0n) is 17.8. The van der Waals surface area contributed by atoms with E-state index in [2.05, 4.69) is 41.0 Å². The van der Waals surface area contributed by atoms with E-state index < -0.39 is 11.5 Å². The van der Waals surface area contributed by atoms with E-state index >= 15 is 0 Å². The fourth-order valence-corrected chi connectivity index (χ4v) is 3.52. The van der Waals surface area contributed by atoms with Crippen LogP contribution in [0.5, 0.6) is 0 Å². The van der Waals surface area contributed by atoms with Gasteiger partial charge >= 0.3 is 0 Å². The summed E-state index contributed by atoms with van der Waals surface area (Å²) in [5.74, 6) is 0.961. The summed E-state index contributed by atoms with van der Waals surface area (Å²) < 4.78 is 2.21. The van der Waals surface area contributed by atoms with E-state index in [1.807, 2.05) is 20.8 Å². The van der Waals surface area contributed by atoms with Crippen LogP contribution in [-0.4, -0.2) is 52.9 Å². The lowest BCUT2D eigenvalue weighted by Gasteiger charge is -2.29. The maximum absolute atomic E-state index is 13.1. The van der Waals surface area contributed by atoms with E-state index in [0.29, 0.717) is 18.2 Å². The van der Waals surface area contributed by atoms with Crippen LogP contribution in [0.25, 0.3) is 0 Å². The third-order valence-electron chi connectivity index (χ3n) is 4.95. The number of likely N-dealkylation sites (N-methyl/N-ethyl adjacent to an activating group) is 1. The number of nitrogens with one attached hydrogen (secondary N) is 2. The number of imidazole rings is 1. The number of aromatic nitrogens is 2. The smallest absolute Gasteiger partial charge is 0.272 e. The van der Waals surface area contributed by atoms with Crippen molar-refractivity contribution in [1.29, 1.82) is 0 Å². The van der Waals surface area contributed by atoms with Crippen molar-refractivity contribution in [2.24, 2.45) is 11.3 Å². The molecule has 0 radical (unpaired) electrons. The predicted molar refractivity (Wildman–Crippen MR) is 106 cm³/mol. The standard InChI is InChI=1S/C20H35N5O2/c1-13(2)11-15-22-16(14-12-24(7)9-8-10-25(14)15)18(26)23-17(19(27)21-6)20(3,4)5/h13,17H,8-12H2,1-7H3,(H,21,27)(H,23,26). The van der Waals surface area contributed by atoms with Gasteiger partial charge in [0.1, 0.15) is 11.9 Å². The number of amides is 2. The van der Waals surface area contributed by atoms with Crippen molar-refractivity contribution in [2.45, 2.75) is 66.6 Å². The summed E-state index contributed by atoms with van der Waals surface area (Å²) in [5, 5.41) is 5.58. The van der Waals surface area contributed by atoms with E-state index in [1.54, 1.807) is 7.05 Å². The van der Waals surface area contributed by atoms with Crippen LogP contribution in [0.3, 0.4) is 0 Å². The molecule has 0 aromatic carbocycles. The molecule has 0 spiro atoms. The molecule has 1 aromatic heterocycles. The van der Waals surface area contributed by atoms with Crippen molar-refractivity contribution in [1.82, 2.24) is 25.1 Å². The Morgan fingerprint density at radius 2 is 1.89 bits per heavy atom. The molecule has 1 aliphatic heterocycles. The molecule has 27 heavy (non-hydrogen) atoms. The summed E-state index contributed by atoms with van der Waals surface area (Å²) in [6, 6.07) is -0.621. The Labute approximate surface area is 162 Å². The first-order chi connectivity index (χ1) is 12.5. The highest BCUT2D eigenvalue weighted by atomic mass is 16.2. The first-order valence-electron chi connectivity index (χ1n) is 9.83. The summed E-state index contributed by atoms with van der Waals surface area (Å²) in [6.45, 7) is 12.7. The highest BCUT2D eigenvalue weighted by Gasteiger charge is 2.34. The molecule has 1 aliphatic rings. The molecule has 7 nitrogen and oxygen atoms in total. The number of hydrogen-bond acceptors (Lipinski definition) is 4. The number of rotatable bonds is 5. The van der Waals surface area contributed by atoms with Crippen LogP contribution in [0.2, 0.25) is 0 Å². The van der Waals surface area contributed by atoms with Crippen molar-refractivity contribution in [3.8, 4) is 0 Å². The average molecular weight is 378 g/mol. The van der Waals surface area contributed by atoms with Gasteiger partial charge in [-0.1, -0.05) is 34.6 Å². The number of carbonyl (C=O) groups excluding carboxylic acids is 2. The second-order valence-electron chi connectivity index (χ2n) is 9.05. The minimum atomic E-state index is -0.621. The van der Waals surface area contributed by atoms with Gasteiger partial charge in [-0.05, 0) is 31.3 Å². The third-order valence-corrected chi connectivity index (χ3v) is 4.95. The van der Waals surface area contributed by atoms with Gasteiger partial charge in [0.2, 0.25) is 5.91 Å². The van der Waals surface area contributed by atoms with Gasteiger partial charge in [-0.25, -0.2) is 4.98 Å².